The van der Waals surface area contributed by atoms with Crippen molar-refractivity contribution in [3.63, 3.8) is 0 Å². The van der Waals surface area contributed by atoms with E-state index in [0.29, 0.717) is 23.7 Å². The van der Waals surface area contributed by atoms with Gasteiger partial charge in [0.25, 0.3) is 0 Å². The maximum Gasteiger partial charge on any atom is 0.409 e. The molecule has 0 N–H and O–H groups in total. The van der Waals surface area contributed by atoms with Crippen LogP contribution in [0.2, 0.25) is 5.02 Å². The number of nitrogens with zero attached hydrogens (tertiary/aromatic N) is 1. The molecular formula is C27H26ClNO4. The lowest BCUT2D eigenvalue weighted by Crippen LogP contribution is -2.41. The van der Waals surface area contributed by atoms with Crippen molar-refractivity contribution in [2.45, 2.75) is 19.3 Å². The van der Waals surface area contributed by atoms with Gasteiger partial charge in [0.05, 0.1) is 11.0 Å². The van der Waals surface area contributed by atoms with Gasteiger partial charge < -0.3 is 14.4 Å². The molecule has 5 nitrogen and oxygen atoms in total. The number of ether oxygens (including phenoxy) is 2. The molecule has 0 unspecified atom stereocenters. The standard InChI is InChI=1S/C27H26ClNO4/c1-3-29(4-2)26(31)33-18-27(17-32-25(30)19-13-15-20(28)16-14-19)23-11-7-5-9-21(23)22-10-6-8-12-24(22)27/h5-16H,3-4,17-18H2,1-2H3. The van der Waals surface area contributed by atoms with Gasteiger partial charge in [-0.1, -0.05) is 60.1 Å². The van der Waals surface area contributed by atoms with Crippen LogP contribution in [0.5, 0.6) is 0 Å². The summed E-state index contributed by atoms with van der Waals surface area (Å²) in [6.45, 7) is 5.03. The summed E-state index contributed by atoms with van der Waals surface area (Å²) in [4.78, 5) is 27.2. The lowest BCUT2D eigenvalue weighted by molar-refractivity contribution is 0.0324. The zero-order valence-electron chi connectivity index (χ0n) is 18.7. The molecule has 0 saturated heterocycles. The summed E-state index contributed by atoms with van der Waals surface area (Å²) in [5, 5.41) is 0.546. The number of carbonyl (C=O) groups excluding carboxylic acids is 2. The Labute approximate surface area is 198 Å². The first kappa shape index (κ1) is 22.9. The van der Waals surface area contributed by atoms with E-state index in [9.17, 15) is 9.59 Å². The molecule has 170 valence electrons. The third-order valence-corrected chi connectivity index (χ3v) is 6.42. The van der Waals surface area contributed by atoms with Crippen molar-refractivity contribution in [2.75, 3.05) is 26.3 Å². The highest BCUT2D eigenvalue weighted by Crippen LogP contribution is 2.49. The second-order valence-electron chi connectivity index (χ2n) is 7.98. The van der Waals surface area contributed by atoms with Crippen LogP contribution in [0.3, 0.4) is 0 Å². The van der Waals surface area contributed by atoms with Gasteiger partial charge in [-0.2, -0.15) is 0 Å². The number of amides is 1. The minimum absolute atomic E-state index is 0.0357. The van der Waals surface area contributed by atoms with Crippen LogP contribution in [0.4, 0.5) is 4.79 Å². The van der Waals surface area contributed by atoms with Crippen molar-refractivity contribution in [2.24, 2.45) is 0 Å². The van der Waals surface area contributed by atoms with Gasteiger partial charge in [-0.15, -0.1) is 0 Å². The largest absolute Gasteiger partial charge is 0.461 e. The summed E-state index contributed by atoms with van der Waals surface area (Å²) in [6, 6.07) is 22.5. The minimum Gasteiger partial charge on any atom is -0.461 e. The number of halogens is 1. The van der Waals surface area contributed by atoms with E-state index < -0.39 is 11.4 Å². The summed E-state index contributed by atoms with van der Waals surface area (Å²) in [6.07, 6.45) is -0.384. The number of hydrogen-bond acceptors (Lipinski definition) is 4. The number of esters is 1. The molecular weight excluding hydrogens is 438 g/mol. The van der Waals surface area contributed by atoms with Crippen LogP contribution in [-0.4, -0.2) is 43.3 Å². The topological polar surface area (TPSA) is 55.8 Å². The first-order valence-corrected chi connectivity index (χ1v) is 11.4. The Kier molecular flexibility index (Phi) is 6.70. The van der Waals surface area contributed by atoms with Gasteiger partial charge in [0.15, 0.2) is 0 Å². The van der Waals surface area contributed by atoms with Crippen LogP contribution in [0.1, 0.15) is 35.3 Å². The molecule has 0 saturated carbocycles. The molecule has 0 atom stereocenters. The highest BCUT2D eigenvalue weighted by atomic mass is 35.5. The van der Waals surface area contributed by atoms with E-state index in [0.717, 1.165) is 22.3 Å². The maximum atomic E-state index is 12.8. The molecule has 0 bridgehead atoms. The van der Waals surface area contributed by atoms with Crippen molar-refractivity contribution >= 4 is 23.7 Å². The van der Waals surface area contributed by atoms with Gasteiger partial charge in [-0.05, 0) is 60.4 Å². The summed E-state index contributed by atoms with van der Waals surface area (Å²) in [5.74, 6) is -0.456. The van der Waals surface area contributed by atoms with E-state index in [2.05, 4.69) is 0 Å². The van der Waals surface area contributed by atoms with Crippen molar-refractivity contribution < 1.29 is 19.1 Å². The van der Waals surface area contributed by atoms with E-state index >= 15 is 0 Å². The van der Waals surface area contributed by atoms with Crippen LogP contribution in [0, 0.1) is 0 Å². The van der Waals surface area contributed by atoms with Crippen molar-refractivity contribution in [1.82, 2.24) is 4.90 Å². The van der Waals surface area contributed by atoms with E-state index in [-0.39, 0.29) is 19.3 Å². The minimum atomic E-state index is -0.807. The quantitative estimate of drug-likeness (QED) is 0.407. The molecule has 3 aromatic rings. The lowest BCUT2D eigenvalue weighted by Gasteiger charge is -2.32. The summed E-state index contributed by atoms with van der Waals surface area (Å²) in [5.41, 5.74) is 3.65. The number of carbonyl (C=O) groups is 2. The average Bonchev–Trinajstić information content (AvgIpc) is 3.13. The zero-order valence-corrected chi connectivity index (χ0v) is 19.5. The number of fused-ring (bicyclic) bond motifs is 3. The third-order valence-electron chi connectivity index (χ3n) is 6.17. The van der Waals surface area contributed by atoms with Gasteiger partial charge in [0, 0.05) is 18.1 Å². The molecule has 1 amide bonds. The van der Waals surface area contributed by atoms with E-state index in [1.807, 2.05) is 62.4 Å². The monoisotopic (exact) mass is 463 g/mol. The predicted molar refractivity (Wildman–Crippen MR) is 129 cm³/mol. The Hall–Kier alpha value is -3.31. The maximum absolute atomic E-state index is 12.8. The first-order chi connectivity index (χ1) is 16.0. The normalized spacial score (nSPS) is 13.1. The zero-order chi connectivity index (χ0) is 23.4. The van der Waals surface area contributed by atoms with E-state index in [1.54, 1.807) is 29.2 Å². The molecule has 1 aliphatic carbocycles. The van der Waals surface area contributed by atoms with Crippen LogP contribution in [0.25, 0.3) is 11.1 Å². The Bertz CT molecular complexity index is 1110. The van der Waals surface area contributed by atoms with E-state index in [4.69, 9.17) is 21.1 Å². The average molecular weight is 464 g/mol. The number of hydrogen-bond donors (Lipinski definition) is 0. The Balaban J connectivity index is 1.69. The predicted octanol–water partition coefficient (Wildman–Crippen LogP) is 5.94. The number of rotatable bonds is 7. The second-order valence-corrected chi connectivity index (χ2v) is 8.42. The fourth-order valence-electron chi connectivity index (χ4n) is 4.38. The molecule has 3 aromatic carbocycles. The molecule has 4 rings (SSSR count). The summed E-state index contributed by atoms with van der Waals surface area (Å²) < 4.78 is 11.6. The smallest absolute Gasteiger partial charge is 0.409 e. The first-order valence-electron chi connectivity index (χ1n) is 11.0. The van der Waals surface area contributed by atoms with Crippen molar-refractivity contribution in [1.29, 1.82) is 0 Å². The molecule has 0 heterocycles. The molecule has 0 spiro atoms. The summed E-state index contributed by atoms with van der Waals surface area (Å²) in [7, 11) is 0. The Morgan fingerprint density at radius 3 is 1.85 bits per heavy atom. The van der Waals surface area contributed by atoms with Crippen LogP contribution in [0.15, 0.2) is 72.8 Å². The highest BCUT2D eigenvalue weighted by Gasteiger charge is 2.45. The van der Waals surface area contributed by atoms with Gasteiger partial charge in [-0.3, -0.25) is 0 Å². The molecule has 0 fully saturated rings. The molecule has 6 heteroatoms. The Morgan fingerprint density at radius 2 is 1.30 bits per heavy atom. The van der Waals surface area contributed by atoms with Gasteiger partial charge in [0.2, 0.25) is 0 Å². The number of benzene rings is 3. The second kappa shape index (κ2) is 9.67. The molecule has 33 heavy (non-hydrogen) atoms. The molecule has 0 aromatic heterocycles. The molecule has 0 aliphatic heterocycles. The van der Waals surface area contributed by atoms with Crippen LogP contribution in [-0.2, 0) is 14.9 Å². The third kappa shape index (κ3) is 4.33. The summed E-state index contributed by atoms with van der Waals surface area (Å²) >= 11 is 5.95. The Morgan fingerprint density at radius 1 is 0.788 bits per heavy atom. The molecule has 1 aliphatic rings. The fourth-order valence-corrected chi connectivity index (χ4v) is 4.51. The van der Waals surface area contributed by atoms with E-state index in [1.165, 1.54) is 0 Å². The van der Waals surface area contributed by atoms with Crippen molar-refractivity contribution in [3.05, 3.63) is 94.5 Å². The van der Waals surface area contributed by atoms with Gasteiger partial charge in [-0.25, -0.2) is 9.59 Å². The SMILES string of the molecule is CCN(CC)C(=O)OCC1(COC(=O)c2ccc(Cl)cc2)c2ccccc2-c2ccccc21. The van der Waals surface area contributed by atoms with Gasteiger partial charge >= 0.3 is 12.1 Å². The lowest BCUT2D eigenvalue weighted by atomic mass is 9.79. The molecule has 0 radical (unpaired) electrons. The van der Waals surface area contributed by atoms with Crippen LogP contribution < -0.4 is 0 Å². The van der Waals surface area contributed by atoms with Gasteiger partial charge in [0.1, 0.15) is 13.2 Å². The fraction of sp³-hybridized carbons (Fsp3) is 0.259. The highest BCUT2D eigenvalue weighted by molar-refractivity contribution is 6.30. The van der Waals surface area contributed by atoms with Crippen LogP contribution >= 0.6 is 11.6 Å². The van der Waals surface area contributed by atoms with Crippen molar-refractivity contribution in [3.8, 4) is 11.1 Å².